The number of hydrogen-bond donors (Lipinski definition) is 1. The number of benzene rings is 2. The van der Waals surface area contributed by atoms with Crippen LogP contribution in [0.2, 0.25) is 0 Å². The fourth-order valence-corrected chi connectivity index (χ4v) is 5.63. The van der Waals surface area contributed by atoms with Crippen molar-refractivity contribution in [1.82, 2.24) is 14.5 Å². The van der Waals surface area contributed by atoms with Crippen LogP contribution in [-0.4, -0.2) is 55.1 Å². The minimum absolute atomic E-state index is 0.0636. The first kappa shape index (κ1) is 27.8. The van der Waals surface area contributed by atoms with E-state index in [4.69, 9.17) is 0 Å². The summed E-state index contributed by atoms with van der Waals surface area (Å²) in [7, 11) is -2.55. The van der Waals surface area contributed by atoms with Crippen LogP contribution in [0.5, 0.6) is 0 Å². The lowest BCUT2D eigenvalue weighted by molar-refractivity contribution is -0.141. The molecule has 9 heteroatoms. The number of rotatable bonds is 10. The van der Waals surface area contributed by atoms with E-state index in [0.29, 0.717) is 12.0 Å². The third-order valence-corrected chi connectivity index (χ3v) is 8.51. The van der Waals surface area contributed by atoms with Crippen LogP contribution in [0.1, 0.15) is 56.6 Å². The second kappa shape index (κ2) is 12.5. The SMILES string of the molecule is CC[C@@H](C(=O)NC1CCCCC1)N(Cc1ccc(F)cc1)C(=O)CN(C)S(=O)(=O)c1ccc(C)cc1. The molecule has 0 spiro atoms. The van der Waals surface area contributed by atoms with Crippen molar-refractivity contribution in [2.45, 2.75) is 75.9 Å². The van der Waals surface area contributed by atoms with Gasteiger partial charge in [0.2, 0.25) is 21.8 Å². The quantitative estimate of drug-likeness (QED) is 0.516. The normalized spacial score (nSPS) is 15.5. The molecule has 1 atom stereocenters. The monoisotopic (exact) mass is 517 g/mol. The summed E-state index contributed by atoms with van der Waals surface area (Å²) >= 11 is 0. The maximum absolute atomic E-state index is 13.5. The molecule has 0 radical (unpaired) electrons. The maximum Gasteiger partial charge on any atom is 0.243 e. The van der Waals surface area contributed by atoms with E-state index in [1.807, 2.05) is 13.8 Å². The summed E-state index contributed by atoms with van der Waals surface area (Å²) in [5.74, 6) is -1.14. The molecule has 0 heterocycles. The van der Waals surface area contributed by atoms with Crippen LogP contribution < -0.4 is 5.32 Å². The van der Waals surface area contributed by atoms with Crippen LogP contribution in [0, 0.1) is 12.7 Å². The molecule has 0 aromatic heterocycles. The number of nitrogens with one attached hydrogen (secondary N) is 1. The number of carbonyl (C=O) groups is 2. The van der Waals surface area contributed by atoms with Crippen molar-refractivity contribution in [2.75, 3.05) is 13.6 Å². The zero-order valence-electron chi connectivity index (χ0n) is 21.2. The predicted molar refractivity (Wildman–Crippen MR) is 137 cm³/mol. The number of sulfonamides is 1. The number of halogens is 1. The van der Waals surface area contributed by atoms with Gasteiger partial charge in [0.25, 0.3) is 0 Å². The summed E-state index contributed by atoms with van der Waals surface area (Å²) in [6, 6.07) is 11.4. The van der Waals surface area contributed by atoms with Gasteiger partial charge in [-0.15, -0.1) is 0 Å². The van der Waals surface area contributed by atoms with Crippen molar-refractivity contribution in [3.63, 3.8) is 0 Å². The molecule has 2 amide bonds. The van der Waals surface area contributed by atoms with Crippen LogP contribution in [0.25, 0.3) is 0 Å². The van der Waals surface area contributed by atoms with E-state index in [9.17, 15) is 22.4 Å². The molecule has 0 bridgehead atoms. The smallest absolute Gasteiger partial charge is 0.243 e. The largest absolute Gasteiger partial charge is 0.352 e. The van der Waals surface area contributed by atoms with Gasteiger partial charge in [0, 0.05) is 19.6 Å². The number of carbonyl (C=O) groups excluding carboxylic acids is 2. The van der Waals surface area contributed by atoms with Crippen LogP contribution in [0.4, 0.5) is 4.39 Å². The number of nitrogens with zero attached hydrogens (tertiary/aromatic N) is 2. The van der Waals surface area contributed by atoms with Crippen molar-refractivity contribution < 1.29 is 22.4 Å². The summed E-state index contributed by atoms with van der Waals surface area (Å²) in [6.45, 7) is 3.32. The molecule has 1 fully saturated rings. The Balaban J connectivity index is 1.82. The minimum Gasteiger partial charge on any atom is -0.352 e. The highest BCUT2D eigenvalue weighted by Gasteiger charge is 2.32. The third-order valence-electron chi connectivity index (χ3n) is 6.69. The second-order valence-electron chi connectivity index (χ2n) is 9.49. The van der Waals surface area contributed by atoms with Gasteiger partial charge in [-0.2, -0.15) is 4.31 Å². The first-order valence-corrected chi connectivity index (χ1v) is 13.9. The molecule has 196 valence electrons. The Kier molecular flexibility index (Phi) is 9.62. The number of hydrogen-bond acceptors (Lipinski definition) is 4. The Bertz CT molecular complexity index is 1130. The van der Waals surface area contributed by atoms with Crippen molar-refractivity contribution in [3.8, 4) is 0 Å². The van der Waals surface area contributed by atoms with E-state index in [0.717, 1.165) is 42.0 Å². The summed E-state index contributed by atoms with van der Waals surface area (Å²) in [6.07, 6.45) is 5.45. The lowest BCUT2D eigenvalue weighted by Gasteiger charge is -2.33. The van der Waals surface area contributed by atoms with Gasteiger partial charge >= 0.3 is 0 Å². The third kappa shape index (κ3) is 7.13. The fraction of sp³-hybridized carbons (Fsp3) is 0.481. The van der Waals surface area contributed by atoms with Crippen LogP contribution in [0.15, 0.2) is 53.4 Å². The number of amides is 2. The summed E-state index contributed by atoms with van der Waals surface area (Å²) in [4.78, 5) is 28.3. The van der Waals surface area contributed by atoms with E-state index in [2.05, 4.69) is 5.32 Å². The van der Waals surface area contributed by atoms with Gasteiger partial charge < -0.3 is 10.2 Å². The molecule has 36 heavy (non-hydrogen) atoms. The minimum atomic E-state index is -3.90. The maximum atomic E-state index is 13.5. The lowest BCUT2D eigenvalue weighted by Crippen LogP contribution is -2.53. The van der Waals surface area contributed by atoms with Crippen LogP contribution in [0.3, 0.4) is 0 Å². The molecule has 0 saturated heterocycles. The summed E-state index contributed by atoms with van der Waals surface area (Å²) in [5.41, 5.74) is 1.57. The van der Waals surface area contributed by atoms with E-state index in [1.54, 1.807) is 24.3 Å². The lowest BCUT2D eigenvalue weighted by atomic mass is 9.95. The average molecular weight is 518 g/mol. The highest BCUT2D eigenvalue weighted by atomic mass is 32.2. The first-order valence-electron chi connectivity index (χ1n) is 12.5. The second-order valence-corrected chi connectivity index (χ2v) is 11.5. The molecule has 1 aliphatic carbocycles. The predicted octanol–water partition coefficient (Wildman–Crippen LogP) is 4.01. The van der Waals surface area contributed by atoms with E-state index < -0.39 is 34.3 Å². The molecule has 2 aromatic rings. The molecule has 0 unspecified atom stereocenters. The molecule has 0 aliphatic heterocycles. The Labute approximate surface area is 213 Å². The molecular formula is C27H36FN3O4S. The molecular weight excluding hydrogens is 481 g/mol. The van der Waals surface area contributed by atoms with Gasteiger partial charge in [-0.25, -0.2) is 12.8 Å². The van der Waals surface area contributed by atoms with Crippen molar-refractivity contribution >= 4 is 21.8 Å². The van der Waals surface area contributed by atoms with Gasteiger partial charge in [0.05, 0.1) is 11.4 Å². The van der Waals surface area contributed by atoms with Crippen LogP contribution >= 0.6 is 0 Å². The van der Waals surface area contributed by atoms with Gasteiger partial charge in [0.1, 0.15) is 11.9 Å². The summed E-state index contributed by atoms with van der Waals surface area (Å²) < 4.78 is 40.6. The zero-order chi connectivity index (χ0) is 26.3. The molecule has 1 N–H and O–H groups in total. The molecule has 7 nitrogen and oxygen atoms in total. The Morgan fingerprint density at radius 2 is 1.64 bits per heavy atom. The van der Waals surface area contributed by atoms with Crippen LogP contribution in [-0.2, 0) is 26.2 Å². The van der Waals surface area contributed by atoms with Gasteiger partial charge in [0.15, 0.2) is 0 Å². The number of likely N-dealkylation sites (N-methyl/N-ethyl adjacent to an activating group) is 1. The molecule has 3 rings (SSSR count). The Hall–Kier alpha value is -2.78. The van der Waals surface area contributed by atoms with Gasteiger partial charge in [-0.05, 0) is 56.0 Å². The first-order chi connectivity index (χ1) is 17.1. The van der Waals surface area contributed by atoms with E-state index in [1.165, 1.54) is 36.2 Å². The Morgan fingerprint density at radius 1 is 1.03 bits per heavy atom. The van der Waals surface area contributed by atoms with Gasteiger partial charge in [-0.3, -0.25) is 9.59 Å². The fourth-order valence-electron chi connectivity index (χ4n) is 4.51. The summed E-state index contributed by atoms with van der Waals surface area (Å²) in [5, 5.41) is 3.09. The number of aryl methyl sites for hydroxylation is 1. The highest BCUT2D eigenvalue weighted by molar-refractivity contribution is 7.89. The highest BCUT2D eigenvalue weighted by Crippen LogP contribution is 2.20. The van der Waals surface area contributed by atoms with Crippen molar-refractivity contribution in [3.05, 3.63) is 65.5 Å². The van der Waals surface area contributed by atoms with Gasteiger partial charge in [-0.1, -0.05) is 56.0 Å². The van der Waals surface area contributed by atoms with Crippen molar-refractivity contribution in [2.24, 2.45) is 0 Å². The zero-order valence-corrected chi connectivity index (χ0v) is 22.1. The topological polar surface area (TPSA) is 86.8 Å². The molecule has 1 saturated carbocycles. The molecule has 2 aromatic carbocycles. The van der Waals surface area contributed by atoms with E-state index >= 15 is 0 Å². The average Bonchev–Trinajstić information content (AvgIpc) is 2.86. The van der Waals surface area contributed by atoms with E-state index in [-0.39, 0.29) is 23.4 Å². The molecule has 1 aliphatic rings. The Morgan fingerprint density at radius 3 is 2.22 bits per heavy atom. The van der Waals surface area contributed by atoms with Crippen molar-refractivity contribution in [1.29, 1.82) is 0 Å². The standard InChI is InChI=1S/C27H36FN3O4S/c1-4-25(27(33)29-23-8-6-5-7-9-23)31(18-21-12-14-22(28)15-13-21)26(32)19-30(3)36(34,35)24-16-10-20(2)11-17-24/h10-17,23,25H,4-9,18-19H2,1-3H3,(H,29,33)/t25-/m0/s1.